The number of benzene rings is 2. The molecule has 0 unspecified atom stereocenters. The second kappa shape index (κ2) is 10.9. The summed E-state index contributed by atoms with van der Waals surface area (Å²) in [6.07, 6.45) is 5.54. The molecule has 0 bridgehead atoms. The second-order valence-corrected chi connectivity index (χ2v) is 12.0. The van der Waals surface area contributed by atoms with Crippen molar-refractivity contribution in [2.45, 2.75) is 43.7 Å². The van der Waals surface area contributed by atoms with Gasteiger partial charge in [-0.25, -0.2) is 19.7 Å². The first-order valence-corrected chi connectivity index (χ1v) is 15.1. The van der Waals surface area contributed by atoms with E-state index >= 15 is 0 Å². The van der Waals surface area contributed by atoms with Crippen LogP contribution in [0.2, 0.25) is 0 Å². The van der Waals surface area contributed by atoms with Gasteiger partial charge < -0.3 is 26.4 Å². The summed E-state index contributed by atoms with van der Waals surface area (Å²) < 4.78 is 2.05. The number of fused-ring (bicyclic) bond motifs is 1. The maximum atomic E-state index is 11.4. The molecule has 4 heterocycles. The highest BCUT2D eigenvalue weighted by molar-refractivity contribution is 5.85. The van der Waals surface area contributed by atoms with E-state index in [1.54, 1.807) is 13.2 Å². The quantitative estimate of drug-likeness (QED) is 0.231. The Balaban J connectivity index is 1.26. The van der Waals surface area contributed by atoms with Crippen LogP contribution in [0.1, 0.15) is 37.7 Å². The number of pyridine rings is 2. The minimum Gasteiger partial charge on any atom is -0.465 e. The van der Waals surface area contributed by atoms with Gasteiger partial charge >= 0.3 is 6.09 Å². The van der Waals surface area contributed by atoms with Gasteiger partial charge in [-0.15, -0.1) is 0 Å². The van der Waals surface area contributed by atoms with Gasteiger partial charge in [0.25, 0.3) is 0 Å². The lowest BCUT2D eigenvalue weighted by Gasteiger charge is -2.38. The Morgan fingerprint density at radius 1 is 0.977 bits per heavy atom. The first kappa shape index (κ1) is 27.8. The van der Waals surface area contributed by atoms with Gasteiger partial charge in [0, 0.05) is 54.9 Å². The van der Waals surface area contributed by atoms with Crippen LogP contribution in [0, 0.1) is 0 Å². The number of piperidine rings is 1. The molecule has 44 heavy (non-hydrogen) atoms. The van der Waals surface area contributed by atoms with Crippen molar-refractivity contribution in [3.05, 3.63) is 84.6 Å². The first-order valence-electron chi connectivity index (χ1n) is 15.1. The first-order chi connectivity index (χ1) is 21.3. The van der Waals surface area contributed by atoms with E-state index < -0.39 is 6.09 Å². The van der Waals surface area contributed by atoms with Gasteiger partial charge in [0.1, 0.15) is 11.3 Å². The Morgan fingerprint density at radius 2 is 1.75 bits per heavy atom. The maximum absolute atomic E-state index is 11.4. The average Bonchev–Trinajstić information content (AvgIpc) is 3.42. The molecule has 224 valence electrons. The molecule has 2 fully saturated rings. The lowest BCUT2D eigenvalue weighted by atomic mass is 9.73. The Bertz CT molecular complexity index is 1840. The molecular formula is C34H36N8O2. The van der Waals surface area contributed by atoms with Crippen LogP contribution in [0.5, 0.6) is 0 Å². The molecule has 2 aromatic carbocycles. The van der Waals surface area contributed by atoms with Crippen molar-refractivity contribution in [2.24, 2.45) is 5.73 Å². The molecule has 5 aromatic rings. The standard InChI is InChI=1S/C34H36N8O2/c1-40(33(43)44)24-14-19-41(20-15-24)26-6-2-5-22(21-26)28-12-13-29-32(38-28)42(31(39-29)27-7-3-18-37-30(27)35)25-10-8-23(9-11-25)34(36)16-4-17-34/h2-3,5-13,18,21,24H,4,14-17,19-20,36H2,1H3,(H2,35,37)(H,43,44). The van der Waals surface area contributed by atoms with Crippen molar-refractivity contribution in [1.29, 1.82) is 0 Å². The third kappa shape index (κ3) is 4.90. The molecule has 1 amide bonds. The van der Waals surface area contributed by atoms with Gasteiger partial charge in [0.15, 0.2) is 11.5 Å². The highest BCUT2D eigenvalue weighted by Crippen LogP contribution is 2.39. The maximum Gasteiger partial charge on any atom is 0.407 e. The molecule has 10 heteroatoms. The summed E-state index contributed by atoms with van der Waals surface area (Å²) in [5, 5.41) is 9.37. The van der Waals surface area contributed by atoms with E-state index in [-0.39, 0.29) is 11.6 Å². The summed E-state index contributed by atoms with van der Waals surface area (Å²) in [7, 11) is 1.65. The fraction of sp³-hybridized carbons (Fsp3) is 0.294. The molecule has 10 nitrogen and oxygen atoms in total. The van der Waals surface area contributed by atoms with Crippen LogP contribution in [0.25, 0.3) is 39.5 Å². The number of amides is 1. The Labute approximate surface area is 256 Å². The third-order valence-corrected chi connectivity index (χ3v) is 9.35. The zero-order valence-electron chi connectivity index (χ0n) is 24.7. The Morgan fingerprint density at radius 3 is 2.43 bits per heavy atom. The summed E-state index contributed by atoms with van der Waals surface area (Å²) in [6.45, 7) is 1.59. The van der Waals surface area contributed by atoms with Crippen molar-refractivity contribution in [2.75, 3.05) is 30.8 Å². The van der Waals surface area contributed by atoms with Crippen molar-refractivity contribution in [1.82, 2.24) is 24.4 Å². The minimum atomic E-state index is -0.877. The number of carboxylic acid groups (broad SMARTS) is 1. The van der Waals surface area contributed by atoms with Crippen LogP contribution >= 0.6 is 0 Å². The number of nitrogens with zero attached hydrogens (tertiary/aromatic N) is 6. The number of nitrogens with two attached hydrogens (primary N) is 2. The smallest absolute Gasteiger partial charge is 0.407 e. The molecule has 7 rings (SSSR count). The molecule has 3 aromatic heterocycles. The van der Waals surface area contributed by atoms with E-state index in [9.17, 15) is 9.90 Å². The molecule has 1 saturated carbocycles. The van der Waals surface area contributed by atoms with E-state index in [4.69, 9.17) is 21.4 Å². The van der Waals surface area contributed by atoms with Gasteiger partial charge in [-0.2, -0.15) is 0 Å². The summed E-state index contributed by atoms with van der Waals surface area (Å²) >= 11 is 0. The van der Waals surface area contributed by atoms with Crippen molar-refractivity contribution in [3.8, 4) is 28.3 Å². The molecule has 5 N–H and O–H groups in total. The van der Waals surface area contributed by atoms with Crippen LogP contribution in [-0.2, 0) is 5.54 Å². The lowest BCUT2D eigenvalue weighted by molar-refractivity contribution is 0.131. The summed E-state index contributed by atoms with van der Waals surface area (Å²) in [5.41, 5.74) is 19.9. The number of nitrogen functional groups attached to an aromatic ring is 1. The SMILES string of the molecule is CN(C(=O)O)C1CCN(c2cccc(-c3ccc4nc(-c5cccnc5N)n(-c5ccc(C6(N)CCC6)cc5)c4n3)c2)CC1. The van der Waals surface area contributed by atoms with Gasteiger partial charge in [0.05, 0.1) is 11.3 Å². The molecular weight excluding hydrogens is 552 g/mol. The van der Waals surface area contributed by atoms with Crippen LogP contribution in [0.15, 0.2) is 79.0 Å². The molecule has 0 atom stereocenters. The monoisotopic (exact) mass is 588 g/mol. The van der Waals surface area contributed by atoms with Gasteiger partial charge in [0.2, 0.25) is 0 Å². The van der Waals surface area contributed by atoms with E-state index in [2.05, 4.69) is 52.3 Å². The summed E-state index contributed by atoms with van der Waals surface area (Å²) in [4.78, 5) is 29.6. The number of anilines is 2. The van der Waals surface area contributed by atoms with Crippen LogP contribution in [0.4, 0.5) is 16.3 Å². The van der Waals surface area contributed by atoms with Crippen LogP contribution < -0.4 is 16.4 Å². The summed E-state index contributed by atoms with van der Waals surface area (Å²) in [6, 6.07) is 24.6. The average molecular weight is 589 g/mol. The van der Waals surface area contributed by atoms with Gasteiger partial charge in [-0.3, -0.25) is 4.57 Å². The minimum absolute atomic E-state index is 0.0394. The van der Waals surface area contributed by atoms with Gasteiger partial charge in [-0.1, -0.05) is 24.3 Å². The van der Waals surface area contributed by atoms with Crippen molar-refractivity contribution in [3.63, 3.8) is 0 Å². The third-order valence-electron chi connectivity index (χ3n) is 9.35. The summed E-state index contributed by atoms with van der Waals surface area (Å²) in [5.74, 6) is 1.08. The number of imidazole rings is 1. The fourth-order valence-corrected chi connectivity index (χ4v) is 6.47. The van der Waals surface area contributed by atoms with Crippen LogP contribution in [-0.4, -0.2) is 61.8 Å². The van der Waals surface area contributed by atoms with Crippen LogP contribution in [0.3, 0.4) is 0 Å². The van der Waals surface area contributed by atoms with E-state index in [1.807, 2.05) is 34.9 Å². The van der Waals surface area contributed by atoms with E-state index in [1.165, 1.54) is 4.90 Å². The van der Waals surface area contributed by atoms with Crippen molar-refractivity contribution < 1.29 is 9.90 Å². The van der Waals surface area contributed by atoms with Crippen molar-refractivity contribution >= 4 is 28.8 Å². The molecule has 1 saturated heterocycles. The number of hydrogen-bond acceptors (Lipinski definition) is 7. The fourth-order valence-electron chi connectivity index (χ4n) is 6.47. The lowest BCUT2D eigenvalue weighted by Crippen LogP contribution is -2.45. The zero-order chi connectivity index (χ0) is 30.4. The molecule has 0 radical (unpaired) electrons. The Kier molecular flexibility index (Phi) is 6.93. The number of rotatable bonds is 6. The predicted octanol–water partition coefficient (Wildman–Crippen LogP) is 5.65. The van der Waals surface area contributed by atoms with Gasteiger partial charge in [-0.05, 0) is 86.2 Å². The molecule has 2 aliphatic rings. The molecule has 0 spiro atoms. The topological polar surface area (TPSA) is 139 Å². The number of aromatic nitrogens is 4. The number of carbonyl (C=O) groups is 1. The predicted molar refractivity (Wildman–Crippen MR) is 173 cm³/mol. The van der Waals surface area contributed by atoms with E-state index in [0.29, 0.717) is 11.6 Å². The Hall–Kier alpha value is -4.96. The van der Waals surface area contributed by atoms with E-state index in [0.717, 1.165) is 90.1 Å². The number of hydrogen-bond donors (Lipinski definition) is 3. The zero-order valence-corrected chi connectivity index (χ0v) is 24.7. The molecule has 1 aliphatic carbocycles. The second-order valence-electron chi connectivity index (χ2n) is 12.0. The molecule has 1 aliphatic heterocycles. The highest BCUT2D eigenvalue weighted by atomic mass is 16.4. The highest BCUT2D eigenvalue weighted by Gasteiger charge is 2.34. The largest absolute Gasteiger partial charge is 0.465 e. The normalized spacial score (nSPS) is 16.5.